The number of halogens is 7. The largest absolute Gasteiger partial charge is 0.409 e. The second kappa shape index (κ2) is 5.99. The summed E-state index contributed by atoms with van der Waals surface area (Å²) in [7, 11) is 0. The van der Waals surface area contributed by atoms with Gasteiger partial charge in [-0.05, 0) is 25.7 Å². The van der Waals surface area contributed by atoms with Gasteiger partial charge in [0, 0.05) is 18.5 Å². The monoisotopic (exact) mass is 325 g/mol. The molecule has 0 aliphatic carbocycles. The summed E-state index contributed by atoms with van der Waals surface area (Å²) in [6.07, 6.45) is -10.7. The van der Waals surface area contributed by atoms with E-state index in [0.29, 0.717) is 17.7 Å². The smallest absolute Gasteiger partial charge is 0.342 e. The zero-order valence-corrected chi connectivity index (χ0v) is 11.3. The minimum Gasteiger partial charge on any atom is -0.342 e. The van der Waals surface area contributed by atoms with Gasteiger partial charge in [-0.25, -0.2) is 0 Å². The fourth-order valence-corrected chi connectivity index (χ4v) is 2.48. The third-order valence-corrected chi connectivity index (χ3v) is 3.76. The molecule has 0 N–H and O–H groups in total. The number of carbonyl (C=O) groups is 1. The molecule has 1 aliphatic heterocycles. The van der Waals surface area contributed by atoms with Crippen molar-refractivity contribution >= 4 is 17.5 Å². The molecule has 0 bridgehead atoms. The second-order valence-corrected chi connectivity index (χ2v) is 5.54. The Bertz CT molecular complexity index is 332. The minimum absolute atomic E-state index is 0.00376. The van der Waals surface area contributed by atoms with Crippen LogP contribution in [0.4, 0.5) is 26.3 Å². The molecule has 1 unspecified atom stereocenters. The highest BCUT2D eigenvalue weighted by Crippen LogP contribution is 2.41. The van der Waals surface area contributed by atoms with Crippen LogP contribution in [0.2, 0.25) is 0 Å². The molecule has 1 rings (SSSR count). The van der Waals surface area contributed by atoms with Crippen molar-refractivity contribution in [3.63, 3.8) is 0 Å². The standard InChI is InChI=1S/C11H14ClF6NO/c1-6(12)7-2-4-19(5-3-7)9(20)8(10(13,14)15)11(16,17)18/h6-8H,2-5H2,1H3. The van der Waals surface area contributed by atoms with Crippen LogP contribution in [-0.4, -0.2) is 41.6 Å². The van der Waals surface area contributed by atoms with Crippen LogP contribution in [-0.2, 0) is 4.79 Å². The van der Waals surface area contributed by atoms with Crippen LogP contribution in [0.1, 0.15) is 19.8 Å². The van der Waals surface area contributed by atoms with E-state index in [4.69, 9.17) is 11.6 Å². The molecular formula is C11H14ClF6NO. The first-order valence-corrected chi connectivity index (χ1v) is 6.44. The predicted octanol–water partition coefficient (Wildman–Crippen LogP) is 3.59. The molecule has 1 atom stereocenters. The number of rotatable bonds is 2. The van der Waals surface area contributed by atoms with Crippen molar-refractivity contribution in [2.75, 3.05) is 13.1 Å². The van der Waals surface area contributed by atoms with Crippen LogP contribution < -0.4 is 0 Å². The molecule has 2 nitrogen and oxygen atoms in total. The molecule has 0 aromatic heterocycles. The van der Waals surface area contributed by atoms with Crippen LogP contribution in [0, 0.1) is 11.8 Å². The number of nitrogens with zero attached hydrogens (tertiary/aromatic N) is 1. The van der Waals surface area contributed by atoms with Crippen LogP contribution in [0.15, 0.2) is 0 Å². The van der Waals surface area contributed by atoms with E-state index in [0.717, 1.165) is 0 Å². The summed E-state index contributed by atoms with van der Waals surface area (Å²) in [6.45, 7) is 1.43. The number of piperidine rings is 1. The molecule has 1 aliphatic rings. The lowest BCUT2D eigenvalue weighted by molar-refractivity contribution is -0.277. The lowest BCUT2D eigenvalue weighted by Crippen LogP contribution is -2.51. The Kier molecular flexibility index (Phi) is 5.21. The van der Waals surface area contributed by atoms with Crippen LogP contribution >= 0.6 is 11.6 Å². The highest BCUT2D eigenvalue weighted by Gasteiger charge is 2.62. The number of alkyl halides is 7. The Morgan fingerprint density at radius 1 is 1.10 bits per heavy atom. The van der Waals surface area contributed by atoms with Gasteiger partial charge in [0.1, 0.15) is 0 Å². The van der Waals surface area contributed by atoms with Crippen LogP contribution in [0.3, 0.4) is 0 Å². The van der Waals surface area contributed by atoms with Crippen molar-refractivity contribution in [1.29, 1.82) is 0 Å². The third kappa shape index (κ3) is 4.17. The normalized spacial score (nSPS) is 20.4. The van der Waals surface area contributed by atoms with Gasteiger partial charge in [0.25, 0.3) is 0 Å². The molecule has 0 aromatic rings. The van der Waals surface area contributed by atoms with Gasteiger partial charge in [-0.15, -0.1) is 11.6 Å². The lowest BCUT2D eigenvalue weighted by atomic mass is 9.93. The molecule has 0 radical (unpaired) electrons. The maximum atomic E-state index is 12.4. The van der Waals surface area contributed by atoms with Crippen molar-refractivity contribution < 1.29 is 31.1 Å². The van der Waals surface area contributed by atoms with Gasteiger partial charge >= 0.3 is 12.4 Å². The molecule has 1 heterocycles. The van der Waals surface area contributed by atoms with E-state index >= 15 is 0 Å². The maximum absolute atomic E-state index is 12.4. The van der Waals surface area contributed by atoms with E-state index in [1.54, 1.807) is 6.92 Å². The van der Waals surface area contributed by atoms with E-state index in [-0.39, 0.29) is 24.4 Å². The summed E-state index contributed by atoms with van der Waals surface area (Å²) >= 11 is 5.83. The van der Waals surface area contributed by atoms with Gasteiger partial charge in [0.2, 0.25) is 11.8 Å². The predicted molar refractivity (Wildman–Crippen MR) is 60.2 cm³/mol. The average Bonchev–Trinajstić information content (AvgIpc) is 2.25. The number of hydrogen-bond donors (Lipinski definition) is 0. The summed E-state index contributed by atoms with van der Waals surface area (Å²) in [4.78, 5) is 12.1. The molecule has 0 spiro atoms. The lowest BCUT2D eigenvalue weighted by Gasteiger charge is -2.35. The highest BCUT2D eigenvalue weighted by molar-refractivity contribution is 6.20. The number of carbonyl (C=O) groups excluding carboxylic acids is 1. The van der Waals surface area contributed by atoms with E-state index in [1.807, 2.05) is 0 Å². The van der Waals surface area contributed by atoms with E-state index < -0.39 is 24.2 Å². The fraction of sp³-hybridized carbons (Fsp3) is 0.909. The van der Waals surface area contributed by atoms with Gasteiger partial charge in [-0.3, -0.25) is 4.79 Å². The zero-order chi connectivity index (χ0) is 15.7. The van der Waals surface area contributed by atoms with Crippen LogP contribution in [0.5, 0.6) is 0 Å². The van der Waals surface area contributed by atoms with E-state index in [1.165, 1.54) is 0 Å². The van der Waals surface area contributed by atoms with Gasteiger partial charge in [0.15, 0.2) is 0 Å². The van der Waals surface area contributed by atoms with Crippen molar-refractivity contribution in [1.82, 2.24) is 4.90 Å². The molecule has 1 fully saturated rings. The van der Waals surface area contributed by atoms with Crippen LogP contribution in [0.25, 0.3) is 0 Å². The molecule has 1 saturated heterocycles. The number of likely N-dealkylation sites (tertiary alicyclic amines) is 1. The Morgan fingerprint density at radius 2 is 1.50 bits per heavy atom. The molecule has 0 aromatic carbocycles. The Balaban J connectivity index is 2.78. The molecule has 1 amide bonds. The summed E-state index contributed by atoms with van der Waals surface area (Å²) < 4.78 is 74.6. The first-order chi connectivity index (χ1) is 8.94. The zero-order valence-electron chi connectivity index (χ0n) is 10.6. The van der Waals surface area contributed by atoms with Crippen molar-refractivity contribution in [2.24, 2.45) is 11.8 Å². The molecule has 20 heavy (non-hydrogen) atoms. The van der Waals surface area contributed by atoms with Crippen molar-refractivity contribution in [3.8, 4) is 0 Å². The molecule has 0 saturated carbocycles. The first kappa shape index (κ1) is 17.4. The van der Waals surface area contributed by atoms with Gasteiger partial charge in [-0.1, -0.05) is 0 Å². The summed E-state index contributed by atoms with van der Waals surface area (Å²) in [5.74, 6) is -5.87. The second-order valence-electron chi connectivity index (χ2n) is 4.86. The third-order valence-electron chi connectivity index (χ3n) is 3.40. The highest BCUT2D eigenvalue weighted by atomic mass is 35.5. The SMILES string of the molecule is CC(Cl)C1CCN(C(=O)C(C(F)(F)F)C(F)(F)F)CC1. The molecule has 9 heteroatoms. The Hall–Kier alpha value is -0.660. The molecule has 118 valence electrons. The first-order valence-electron chi connectivity index (χ1n) is 6.01. The van der Waals surface area contributed by atoms with E-state index in [2.05, 4.69) is 0 Å². The fourth-order valence-electron chi connectivity index (χ4n) is 2.23. The topological polar surface area (TPSA) is 20.3 Å². The minimum atomic E-state index is -5.63. The van der Waals surface area contributed by atoms with Crippen molar-refractivity contribution in [2.45, 2.75) is 37.5 Å². The maximum Gasteiger partial charge on any atom is 0.409 e. The van der Waals surface area contributed by atoms with E-state index in [9.17, 15) is 31.1 Å². The Labute approximate surface area is 117 Å². The van der Waals surface area contributed by atoms with Gasteiger partial charge in [0.05, 0.1) is 0 Å². The van der Waals surface area contributed by atoms with Gasteiger partial charge in [-0.2, -0.15) is 26.3 Å². The summed E-state index contributed by atoms with van der Waals surface area (Å²) in [5.41, 5.74) is 0. The average molecular weight is 326 g/mol. The summed E-state index contributed by atoms with van der Waals surface area (Å²) in [6, 6.07) is 0. The number of amides is 1. The van der Waals surface area contributed by atoms with Crippen molar-refractivity contribution in [3.05, 3.63) is 0 Å². The summed E-state index contributed by atoms with van der Waals surface area (Å²) in [5, 5.41) is -0.228. The Morgan fingerprint density at radius 3 is 1.80 bits per heavy atom. The molecular weight excluding hydrogens is 312 g/mol. The quantitative estimate of drug-likeness (QED) is 0.561. The number of hydrogen-bond acceptors (Lipinski definition) is 1. The van der Waals surface area contributed by atoms with Gasteiger partial charge < -0.3 is 4.90 Å².